The van der Waals surface area contributed by atoms with Gasteiger partial charge in [-0.25, -0.2) is 0 Å². The van der Waals surface area contributed by atoms with E-state index in [-0.39, 0.29) is 24.4 Å². The third kappa shape index (κ3) is 2.30. The van der Waals surface area contributed by atoms with Crippen LogP contribution in [0.1, 0.15) is 25.5 Å². The van der Waals surface area contributed by atoms with E-state index in [0.717, 1.165) is 5.56 Å². The number of nitrogens with one attached hydrogen (secondary N) is 1. The predicted octanol–water partition coefficient (Wildman–Crippen LogP) is 1.09. The average molecular weight is 232 g/mol. The first-order valence-electron chi connectivity index (χ1n) is 5.74. The third-order valence-corrected chi connectivity index (χ3v) is 3.09. The molecule has 2 atom stereocenters. The van der Waals surface area contributed by atoms with Crippen molar-refractivity contribution in [2.75, 3.05) is 6.54 Å². The van der Waals surface area contributed by atoms with Crippen LogP contribution in [0.4, 0.5) is 0 Å². The number of hydrogen-bond donors (Lipinski definition) is 1. The molecule has 0 unspecified atom stereocenters. The molecule has 1 aromatic rings. The maximum absolute atomic E-state index is 12.0. The zero-order valence-electron chi connectivity index (χ0n) is 10.0. The predicted molar refractivity (Wildman–Crippen MR) is 64.2 cm³/mol. The van der Waals surface area contributed by atoms with E-state index in [4.69, 9.17) is 0 Å². The zero-order chi connectivity index (χ0) is 12.4. The van der Waals surface area contributed by atoms with Crippen LogP contribution >= 0.6 is 0 Å². The summed E-state index contributed by atoms with van der Waals surface area (Å²) in [7, 11) is 0. The molecule has 0 radical (unpaired) electrons. The summed E-state index contributed by atoms with van der Waals surface area (Å²) in [6.45, 7) is 3.79. The first-order valence-corrected chi connectivity index (χ1v) is 5.74. The van der Waals surface area contributed by atoms with Crippen LogP contribution in [-0.4, -0.2) is 29.3 Å². The first kappa shape index (κ1) is 11.6. The Hall–Kier alpha value is -1.84. The lowest BCUT2D eigenvalue weighted by molar-refractivity contribution is -0.145. The van der Waals surface area contributed by atoms with Crippen LogP contribution in [0.2, 0.25) is 0 Å². The van der Waals surface area contributed by atoms with Gasteiger partial charge in [0, 0.05) is 0 Å². The number of rotatable bonds is 2. The van der Waals surface area contributed by atoms with Gasteiger partial charge >= 0.3 is 0 Å². The molecule has 17 heavy (non-hydrogen) atoms. The summed E-state index contributed by atoms with van der Waals surface area (Å²) in [4.78, 5) is 25.1. The Morgan fingerprint density at radius 3 is 2.59 bits per heavy atom. The summed E-state index contributed by atoms with van der Waals surface area (Å²) >= 11 is 0. The molecule has 1 heterocycles. The largest absolute Gasteiger partial charge is 0.343 e. The smallest absolute Gasteiger partial charge is 0.245 e. The molecule has 1 aromatic carbocycles. The third-order valence-electron chi connectivity index (χ3n) is 3.09. The van der Waals surface area contributed by atoms with Crippen LogP contribution < -0.4 is 5.32 Å². The second-order valence-electron chi connectivity index (χ2n) is 4.34. The Balaban J connectivity index is 2.21. The number of nitrogens with zero attached hydrogens (tertiary/aromatic N) is 1. The fraction of sp³-hybridized carbons (Fsp3) is 0.385. The van der Waals surface area contributed by atoms with Crippen molar-refractivity contribution in [1.82, 2.24) is 10.2 Å². The molecule has 1 aliphatic heterocycles. The zero-order valence-corrected chi connectivity index (χ0v) is 10.0. The average Bonchev–Trinajstić information content (AvgIpc) is 2.34. The van der Waals surface area contributed by atoms with Gasteiger partial charge in [-0.1, -0.05) is 30.3 Å². The number of carbonyl (C=O) groups is 2. The van der Waals surface area contributed by atoms with Crippen LogP contribution in [0.3, 0.4) is 0 Å². The van der Waals surface area contributed by atoms with Crippen molar-refractivity contribution in [2.24, 2.45) is 0 Å². The van der Waals surface area contributed by atoms with E-state index >= 15 is 0 Å². The molecule has 4 nitrogen and oxygen atoms in total. The molecule has 1 fully saturated rings. The van der Waals surface area contributed by atoms with Crippen LogP contribution in [0.15, 0.2) is 30.3 Å². The monoisotopic (exact) mass is 232 g/mol. The van der Waals surface area contributed by atoms with Gasteiger partial charge in [0.15, 0.2) is 0 Å². The first-order chi connectivity index (χ1) is 8.09. The second kappa shape index (κ2) is 4.57. The van der Waals surface area contributed by atoms with Crippen LogP contribution in [0, 0.1) is 0 Å². The lowest BCUT2D eigenvalue weighted by atomic mass is 10.0. The van der Waals surface area contributed by atoms with Gasteiger partial charge in [0.1, 0.15) is 12.6 Å². The van der Waals surface area contributed by atoms with Crippen molar-refractivity contribution >= 4 is 11.8 Å². The molecule has 0 saturated carbocycles. The van der Waals surface area contributed by atoms with Crippen molar-refractivity contribution < 1.29 is 9.59 Å². The maximum Gasteiger partial charge on any atom is 0.245 e. The van der Waals surface area contributed by atoms with Crippen LogP contribution in [-0.2, 0) is 9.59 Å². The lowest BCUT2D eigenvalue weighted by Crippen LogP contribution is -2.57. The van der Waals surface area contributed by atoms with E-state index in [2.05, 4.69) is 5.32 Å². The van der Waals surface area contributed by atoms with Gasteiger partial charge < -0.3 is 10.2 Å². The van der Waals surface area contributed by atoms with Gasteiger partial charge in [-0.15, -0.1) is 0 Å². The van der Waals surface area contributed by atoms with E-state index in [9.17, 15) is 9.59 Å². The lowest BCUT2D eigenvalue weighted by Gasteiger charge is -2.35. The second-order valence-corrected chi connectivity index (χ2v) is 4.34. The molecule has 0 aliphatic carbocycles. The van der Waals surface area contributed by atoms with Gasteiger partial charge in [0.2, 0.25) is 11.8 Å². The van der Waals surface area contributed by atoms with Crippen LogP contribution in [0.25, 0.3) is 0 Å². The molecule has 1 aliphatic rings. The SMILES string of the molecule is C[C@@H]1NC(=O)CN([C@@H](C)c2ccccc2)C1=O. The molecule has 1 N–H and O–H groups in total. The Morgan fingerprint density at radius 2 is 1.94 bits per heavy atom. The summed E-state index contributed by atoms with van der Waals surface area (Å²) in [5.74, 6) is -0.124. The van der Waals surface area contributed by atoms with Gasteiger partial charge in [0.25, 0.3) is 0 Å². The molecule has 4 heteroatoms. The maximum atomic E-state index is 12.0. The number of piperazine rings is 1. The molecule has 1 saturated heterocycles. The number of hydrogen-bond acceptors (Lipinski definition) is 2. The van der Waals surface area contributed by atoms with Crippen molar-refractivity contribution in [2.45, 2.75) is 25.9 Å². The van der Waals surface area contributed by atoms with Gasteiger partial charge in [-0.3, -0.25) is 9.59 Å². The Labute approximate surface area is 101 Å². The van der Waals surface area contributed by atoms with Gasteiger partial charge in [0.05, 0.1) is 6.04 Å². The number of carbonyl (C=O) groups excluding carboxylic acids is 2. The van der Waals surface area contributed by atoms with Crippen LogP contribution in [0.5, 0.6) is 0 Å². The van der Waals surface area contributed by atoms with E-state index in [1.165, 1.54) is 0 Å². The summed E-state index contributed by atoms with van der Waals surface area (Å²) in [6.07, 6.45) is 0. The highest BCUT2D eigenvalue weighted by Crippen LogP contribution is 2.21. The normalized spacial score (nSPS) is 22.2. The molecule has 0 aromatic heterocycles. The topological polar surface area (TPSA) is 49.4 Å². The molecule has 2 amide bonds. The number of benzene rings is 1. The van der Waals surface area contributed by atoms with Crippen molar-refractivity contribution in [3.63, 3.8) is 0 Å². The molecule has 0 bridgehead atoms. The summed E-state index contributed by atoms with van der Waals surface area (Å²) < 4.78 is 0. The summed E-state index contributed by atoms with van der Waals surface area (Å²) in [5.41, 5.74) is 1.04. The summed E-state index contributed by atoms with van der Waals surface area (Å²) in [6, 6.07) is 9.24. The minimum absolute atomic E-state index is 0.0269. The fourth-order valence-corrected chi connectivity index (χ4v) is 2.07. The highest BCUT2D eigenvalue weighted by Gasteiger charge is 2.32. The quantitative estimate of drug-likeness (QED) is 0.830. The highest BCUT2D eigenvalue weighted by molar-refractivity contribution is 5.94. The van der Waals surface area contributed by atoms with Gasteiger partial charge in [-0.05, 0) is 19.4 Å². The molecular weight excluding hydrogens is 216 g/mol. The van der Waals surface area contributed by atoms with E-state index in [1.54, 1.807) is 11.8 Å². The Morgan fingerprint density at radius 1 is 1.29 bits per heavy atom. The molecule has 90 valence electrons. The summed E-state index contributed by atoms with van der Waals surface area (Å²) in [5, 5.41) is 2.64. The van der Waals surface area contributed by atoms with Crippen molar-refractivity contribution in [1.29, 1.82) is 0 Å². The fourth-order valence-electron chi connectivity index (χ4n) is 2.07. The minimum Gasteiger partial charge on any atom is -0.343 e. The molecule has 2 rings (SSSR count). The number of amides is 2. The van der Waals surface area contributed by atoms with Gasteiger partial charge in [-0.2, -0.15) is 0 Å². The minimum atomic E-state index is -0.428. The van der Waals surface area contributed by atoms with E-state index in [1.807, 2.05) is 37.3 Å². The molecular formula is C13H16N2O2. The van der Waals surface area contributed by atoms with Crippen molar-refractivity contribution in [3.8, 4) is 0 Å². The molecule has 0 spiro atoms. The Bertz CT molecular complexity index is 430. The highest BCUT2D eigenvalue weighted by atomic mass is 16.2. The Kier molecular flexibility index (Phi) is 3.13. The van der Waals surface area contributed by atoms with E-state index < -0.39 is 6.04 Å². The standard InChI is InChI=1S/C13H16N2O2/c1-9-13(17)15(8-12(16)14-9)10(2)11-6-4-3-5-7-11/h3-7,9-10H,8H2,1-2H3,(H,14,16)/t9-,10-/m0/s1. The van der Waals surface area contributed by atoms with Crippen molar-refractivity contribution in [3.05, 3.63) is 35.9 Å². The van der Waals surface area contributed by atoms with E-state index in [0.29, 0.717) is 0 Å².